The molecule has 0 saturated heterocycles. The molecule has 0 saturated carbocycles. The molecule has 0 bridgehead atoms. The van der Waals surface area contributed by atoms with Gasteiger partial charge in [-0.25, -0.2) is 14.8 Å². The molecule has 0 aliphatic rings. The number of esters is 1. The fraction of sp³-hybridized carbons (Fsp3) is 0. The molecular weight excluding hydrogens is 514 g/mol. The number of carbonyl (C=O) groups is 1. The van der Waals surface area contributed by atoms with Crippen LogP contribution < -0.4 is 4.74 Å². The lowest BCUT2D eigenvalue weighted by Gasteiger charge is -2.11. The molecule has 172 valence electrons. The third-order valence-corrected chi connectivity index (χ3v) is 6.39. The Morgan fingerprint density at radius 2 is 1.39 bits per heavy atom. The highest BCUT2D eigenvalue weighted by atomic mass is 79.9. The maximum Gasteiger partial charge on any atom is 0.344 e. The van der Waals surface area contributed by atoms with Crippen molar-refractivity contribution in [1.82, 2.24) is 15.0 Å². The number of hydrogen-bond donors (Lipinski definition) is 0. The number of carbonyl (C=O) groups excluding carboxylic acids is 1. The number of pyridine rings is 1. The minimum Gasteiger partial charge on any atom is -0.423 e. The van der Waals surface area contributed by atoms with Gasteiger partial charge in [0, 0.05) is 21.0 Å². The Balaban J connectivity index is 1.36. The molecule has 0 aliphatic carbocycles. The molecule has 0 aliphatic heterocycles. The molecule has 2 aromatic heterocycles. The van der Waals surface area contributed by atoms with E-state index in [9.17, 15) is 4.79 Å². The van der Waals surface area contributed by atoms with E-state index in [-0.39, 0.29) is 0 Å². The van der Waals surface area contributed by atoms with Crippen LogP contribution in [-0.2, 0) is 0 Å². The highest BCUT2D eigenvalue weighted by Crippen LogP contribution is 2.28. The van der Waals surface area contributed by atoms with Gasteiger partial charge in [-0.2, -0.15) is 0 Å². The number of ether oxygens (including phenoxy) is 1. The fourth-order valence-corrected chi connectivity index (χ4v) is 4.35. The van der Waals surface area contributed by atoms with Crippen LogP contribution in [0.5, 0.6) is 5.75 Å². The first kappa shape index (κ1) is 22.1. The van der Waals surface area contributed by atoms with E-state index in [1.807, 2.05) is 84.9 Å². The lowest BCUT2D eigenvalue weighted by atomic mass is 10.0. The van der Waals surface area contributed by atoms with E-state index in [4.69, 9.17) is 14.7 Å². The molecule has 0 amide bonds. The van der Waals surface area contributed by atoms with Gasteiger partial charge in [0.15, 0.2) is 0 Å². The second-order valence-electron chi connectivity index (χ2n) is 8.24. The van der Waals surface area contributed by atoms with Gasteiger partial charge < -0.3 is 4.74 Å². The minimum absolute atomic E-state index is 0.429. The predicted octanol–water partition coefficient (Wildman–Crippen LogP) is 7.49. The minimum atomic E-state index is -0.450. The fourth-order valence-electron chi connectivity index (χ4n) is 4.09. The van der Waals surface area contributed by atoms with Crippen LogP contribution in [0.2, 0.25) is 0 Å². The van der Waals surface area contributed by atoms with Gasteiger partial charge >= 0.3 is 5.97 Å². The topological polar surface area (TPSA) is 65.0 Å². The molecule has 0 unspecified atom stereocenters. The maximum atomic E-state index is 13.4. The zero-order valence-electron chi connectivity index (χ0n) is 18.9. The van der Waals surface area contributed by atoms with Crippen molar-refractivity contribution in [3.63, 3.8) is 0 Å². The lowest BCUT2D eigenvalue weighted by Crippen LogP contribution is -2.10. The summed E-state index contributed by atoms with van der Waals surface area (Å²) in [6.07, 6.45) is 1.73. The van der Waals surface area contributed by atoms with E-state index in [2.05, 4.69) is 20.9 Å². The van der Waals surface area contributed by atoms with Crippen molar-refractivity contribution >= 4 is 43.8 Å². The van der Waals surface area contributed by atoms with Crippen LogP contribution >= 0.6 is 15.9 Å². The van der Waals surface area contributed by atoms with Crippen molar-refractivity contribution in [2.24, 2.45) is 0 Å². The molecule has 5 nitrogen and oxygen atoms in total. The molecule has 36 heavy (non-hydrogen) atoms. The molecule has 6 heteroatoms. The van der Waals surface area contributed by atoms with Gasteiger partial charge in [0.2, 0.25) is 0 Å². The van der Waals surface area contributed by atoms with Crippen LogP contribution in [0.3, 0.4) is 0 Å². The summed E-state index contributed by atoms with van der Waals surface area (Å²) in [6.45, 7) is 0. The third kappa shape index (κ3) is 4.34. The summed E-state index contributed by atoms with van der Waals surface area (Å²) in [5, 5.41) is 0.736. The van der Waals surface area contributed by atoms with Crippen LogP contribution in [-0.4, -0.2) is 20.9 Å². The van der Waals surface area contributed by atoms with Crippen LogP contribution in [0.25, 0.3) is 44.5 Å². The van der Waals surface area contributed by atoms with Gasteiger partial charge in [0.1, 0.15) is 5.75 Å². The molecular formula is C30H18BrN3O2. The number of rotatable bonds is 4. The average molecular weight is 532 g/mol. The number of halogens is 1. The van der Waals surface area contributed by atoms with Crippen LogP contribution in [0, 0.1) is 0 Å². The monoisotopic (exact) mass is 531 g/mol. The number of aromatic nitrogens is 3. The van der Waals surface area contributed by atoms with E-state index in [0.29, 0.717) is 22.7 Å². The Bertz CT molecular complexity index is 1750. The summed E-state index contributed by atoms with van der Waals surface area (Å²) in [4.78, 5) is 27.4. The highest BCUT2D eigenvalue weighted by Gasteiger charge is 2.17. The van der Waals surface area contributed by atoms with Gasteiger partial charge in [-0.3, -0.25) is 4.98 Å². The SMILES string of the molecule is O=C(Oc1cccc(-c2cnc3ccccc3n2)c1)c1cc(-c2ccc(Br)cc2)nc2ccccc12. The molecule has 0 atom stereocenters. The van der Waals surface area contributed by atoms with Gasteiger partial charge in [-0.05, 0) is 48.5 Å². The molecule has 0 N–H and O–H groups in total. The van der Waals surface area contributed by atoms with Crippen molar-refractivity contribution < 1.29 is 9.53 Å². The largest absolute Gasteiger partial charge is 0.423 e. The van der Waals surface area contributed by atoms with Crippen LogP contribution in [0.4, 0.5) is 0 Å². The Kier molecular flexibility index (Phi) is 5.71. The second-order valence-corrected chi connectivity index (χ2v) is 9.16. The highest BCUT2D eigenvalue weighted by molar-refractivity contribution is 9.10. The van der Waals surface area contributed by atoms with Crippen LogP contribution in [0.15, 0.2) is 114 Å². The zero-order chi connectivity index (χ0) is 24.5. The zero-order valence-corrected chi connectivity index (χ0v) is 20.5. The summed E-state index contributed by atoms with van der Waals surface area (Å²) >= 11 is 3.46. The smallest absolute Gasteiger partial charge is 0.344 e. The summed E-state index contributed by atoms with van der Waals surface area (Å²) < 4.78 is 6.82. The first-order chi connectivity index (χ1) is 17.6. The Morgan fingerprint density at radius 1 is 0.667 bits per heavy atom. The molecule has 4 aromatic carbocycles. The lowest BCUT2D eigenvalue weighted by molar-refractivity contribution is 0.0737. The standard InChI is InChI=1S/C30H18BrN3O2/c31-21-14-12-19(13-15-21)28-17-24(23-8-1-2-9-25(23)33-28)30(35)36-22-7-5-6-20(16-22)29-18-32-26-10-3-4-11-27(26)34-29/h1-18H. The van der Waals surface area contributed by atoms with Crippen LogP contribution in [0.1, 0.15) is 10.4 Å². The summed E-state index contributed by atoms with van der Waals surface area (Å²) in [5.74, 6) is -0.0211. The van der Waals surface area contributed by atoms with Gasteiger partial charge in [-0.15, -0.1) is 0 Å². The van der Waals surface area contributed by atoms with Gasteiger partial charge in [0.05, 0.1) is 39.7 Å². The van der Waals surface area contributed by atoms with E-state index in [1.54, 1.807) is 24.4 Å². The number of fused-ring (bicyclic) bond motifs is 2. The van der Waals surface area contributed by atoms with Gasteiger partial charge in [0.25, 0.3) is 0 Å². The molecule has 0 fully saturated rings. The first-order valence-electron chi connectivity index (χ1n) is 11.3. The van der Waals surface area contributed by atoms with Crippen molar-refractivity contribution in [2.45, 2.75) is 0 Å². The second kappa shape index (κ2) is 9.32. The Hall–Kier alpha value is -4.42. The predicted molar refractivity (Wildman–Crippen MR) is 145 cm³/mol. The molecule has 6 aromatic rings. The summed E-state index contributed by atoms with van der Waals surface area (Å²) in [6, 6.07) is 32.2. The Morgan fingerprint density at radius 3 is 2.22 bits per heavy atom. The van der Waals surface area contributed by atoms with E-state index in [1.165, 1.54) is 0 Å². The van der Waals surface area contributed by atoms with E-state index in [0.717, 1.165) is 37.5 Å². The molecule has 2 heterocycles. The molecule has 0 radical (unpaired) electrons. The third-order valence-electron chi connectivity index (χ3n) is 5.86. The van der Waals surface area contributed by atoms with Crippen molar-refractivity contribution in [3.8, 4) is 28.3 Å². The van der Waals surface area contributed by atoms with Crippen molar-refractivity contribution in [1.29, 1.82) is 0 Å². The number of benzene rings is 4. The van der Waals surface area contributed by atoms with E-state index >= 15 is 0 Å². The average Bonchev–Trinajstić information content (AvgIpc) is 2.92. The molecule has 0 spiro atoms. The quantitative estimate of drug-likeness (QED) is 0.174. The first-order valence-corrected chi connectivity index (χ1v) is 12.1. The number of para-hydroxylation sites is 3. The number of hydrogen-bond acceptors (Lipinski definition) is 5. The van der Waals surface area contributed by atoms with Gasteiger partial charge in [-0.1, -0.05) is 70.5 Å². The normalized spacial score (nSPS) is 11.0. The molecule has 6 rings (SSSR count). The van der Waals surface area contributed by atoms with Crippen molar-refractivity contribution in [3.05, 3.63) is 119 Å². The Labute approximate surface area is 215 Å². The van der Waals surface area contributed by atoms with E-state index < -0.39 is 5.97 Å². The summed E-state index contributed by atoms with van der Waals surface area (Å²) in [7, 11) is 0. The summed E-state index contributed by atoms with van der Waals surface area (Å²) in [5.41, 5.74) is 5.95. The number of nitrogens with zero attached hydrogens (tertiary/aromatic N) is 3. The maximum absolute atomic E-state index is 13.4. The van der Waals surface area contributed by atoms with Crippen molar-refractivity contribution in [2.75, 3.05) is 0 Å².